The molecule has 0 amide bonds. The van der Waals surface area contributed by atoms with E-state index in [0.717, 1.165) is 114 Å². The van der Waals surface area contributed by atoms with Crippen molar-refractivity contribution in [3.05, 3.63) is 0 Å². The molecule has 0 aromatic carbocycles. The van der Waals surface area contributed by atoms with Gasteiger partial charge in [-0.3, -0.25) is 37.3 Å². The Kier molecular flexibility index (Phi) is 65.9. The normalized spacial score (nSPS) is 14.1. The molecule has 5 atom stereocenters. The smallest absolute Gasteiger partial charge is 0.462 e. The largest absolute Gasteiger partial charge is 0.472 e. The van der Waals surface area contributed by atoms with E-state index in [4.69, 9.17) is 37.0 Å². The van der Waals surface area contributed by atoms with Crippen molar-refractivity contribution in [1.82, 2.24) is 0 Å². The molecule has 0 heterocycles. The van der Waals surface area contributed by atoms with Gasteiger partial charge >= 0.3 is 39.5 Å². The molecule has 0 spiro atoms. The van der Waals surface area contributed by atoms with E-state index in [2.05, 4.69) is 55.4 Å². The first-order valence-electron chi connectivity index (χ1n) is 40.2. The number of rotatable bonds is 75. The van der Waals surface area contributed by atoms with Crippen molar-refractivity contribution in [3.8, 4) is 0 Å². The Hall–Kier alpha value is -1.94. The molecule has 0 rings (SSSR count). The van der Waals surface area contributed by atoms with Gasteiger partial charge in [0.1, 0.15) is 19.3 Å². The fraction of sp³-hybridized carbons (Fsp3) is 0.949. The maximum Gasteiger partial charge on any atom is 0.472 e. The summed E-state index contributed by atoms with van der Waals surface area (Å²) in [6.45, 7) is 14.2. The molecule has 0 aliphatic heterocycles. The van der Waals surface area contributed by atoms with Crippen molar-refractivity contribution in [2.75, 3.05) is 39.6 Å². The maximum absolute atomic E-state index is 13.1. The molecular formula is C78H152O17P2. The second-order valence-electron chi connectivity index (χ2n) is 30.0. The molecule has 0 radical (unpaired) electrons. The number of hydrogen-bond donors (Lipinski definition) is 3. The van der Waals surface area contributed by atoms with Crippen LogP contribution in [0.1, 0.15) is 396 Å². The number of carbonyl (C=O) groups excluding carboxylic acids is 4. The first-order chi connectivity index (χ1) is 46.6. The SMILES string of the molecule is CC(C)CCCCCCCCCCCCCCCCCC(=O)OC[C@H](COP(=O)(O)OC[C@@H](O)COP(=O)(O)OC[C@@H](COC(=O)CCCCCCCCC(C)C)OC(=O)CCCCCCCCCCCCCCCC(C)C)OC(=O)CCCCCCCCCCCCCC(C)C. The zero-order valence-electron chi connectivity index (χ0n) is 63.7. The van der Waals surface area contributed by atoms with Crippen molar-refractivity contribution in [1.29, 1.82) is 0 Å². The van der Waals surface area contributed by atoms with E-state index in [1.54, 1.807) is 0 Å². The Labute approximate surface area is 594 Å². The first kappa shape index (κ1) is 95.1. The summed E-state index contributed by atoms with van der Waals surface area (Å²) in [4.78, 5) is 72.9. The van der Waals surface area contributed by atoms with Crippen molar-refractivity contribution in [2.45, 2.75) is 414 Å². The summed E-state index contributed by atoms with van der Waals surface area (Å²) in [5.74, 6) is 0.918. The molecule has 0 aromatic heterocycles. The van der Waals surface area contributed by atoms with Crippen molar-refractivity contribution < 1.29 is 80.2 Å². The second-order valence-corrected chi connectivity index (χ2v) is 32.9. The molecule has 0 aliphatic carbocycles. The van der Waals surface area contributed by atoms with Gasteiger partial charge in [-0.1, -0.05) is 344 Å². The average molecular weight is 1420 g/mol. The third-order valence-corrected chi connectivity index (χ3v) is 20.0. The number of ether oxygens (including phenoxy) is 4. The highest BCUT2D eigenvalue weighted by molar-refractivity contribution is 7.47. The van der Waals surface area contributed by atoms with Crippen LogP contribution in [0.15, 0.2) is 0 Å². The van der Waals surface area contributed by atoms with Crippen LogP contribution in [0.4, 0.5) is 0 Å². The fourth-order valence-corrected chi connectivity index (χ4v) is 13.5. The van der Waals surface area contributed by atoms with Crippen LogP contribution in [0.2, 0.25) is 0 Å². The summed E-state index contributed by atoms with van der Waals surface area (Å²) in [6.07, 6.45) is 52.9. The number of aliphatic hydroxyl groups excluding tert-OH is 1. The van der Waals surface area contributed by atoms with E-state index < -0.39 is 97.5 Å². The van der Waals surface area contributed by atoms with E-state index in [9.17, 15) is 43.2 Å². The van der Waals surface area contributed by atoms with E-state index in [1.165, 1.54) is 193 Å². The molecule has 0 saturated carbocycles. The van der Waals surface area contributed by atoms with Crippen LogP contribution in [0.25, 0.3) is 0 Å². The van der Waals surface area contributed by atoms with Crippen LogP contribution in [0, 0.1) is 23.7 Å². The van der Waals surface area contributed by atoms with Crippen molar-refractivity contribution in [3.63, 3.8) is 0 Å². The number of esters is 4. The number of hydrogen-bond acceptors (Lipinski definition) is 15. The number of aliphatic hydroxyl groups is 1. The molecule has 17 nitrogen and oxygen atoms in total. The molecule has 0 saturated heterocycles. The van der Waals surface area contributed by atoms with Crippen molar-refractivity contribution >= 4 is 39.5 Å². The van der Waals surface area contributed by atoms with Gasteiger partial charge in [0.25, 0.3) is 0 Å². The molecule has 0 aliphatic rings. The molecule has 3 N–H and O–H groups in total. The number of phosphoric acid groups is 2. The lowest BCUT2D eigenvalue weighted by molar-refractivity contribution is -0.161. The van der Waals surface area contributed by atoms with Gasteiger partial charge in [-0.25, -0.2) is 9.13 Å². The van der Waals surface area contributed by atoms with E-state index in [0.29, 0.717) is 31.6 Å². The number of unbranched alkanes of at least 4 members (excludes halogenated alkanes) is 41. The summed E-state index contributed by atoms with van der Waals surface area (Å²) in [5, 5.41) is 10.6. The highest BCUT2D eigenvalue weighted by Gasteiger charge is 2.30. The lowest BCUT2D eigenvalue weighted by atomic mass is 10.0. The first-order valence-corrected chi connectivity index (χ1v) is 43.2. The van der Waals surface area contributed by atoms with Gasteiger partial charge in [-0.05, 0) is 49.4 Å². The van der Waals surface area contributed by atoms with Crippen LogP contribution < -0.4 is 0 Å². The van der Waals surface area contributed by atoms with Gasteiger partial charge in [0.05, 0.1) is 26.4 Å². The van der Waals surface area contributed by atoms with E-state index in [-0.39, 0.29) is 25.7 Å². The minimum atomic E-state index is -4.96. The zero-order valence-corrected chi connectivity index (χ0v) is 65.5. The van der Waals surface area contributed by atoms with Crippen LogP contribution in [-0.2, 0) is 65.4 Å². The minimum Gasteiger partial charge on any atom is -0.462 e. The molecule has 2 unspecified atom stereocenters. The topological polar surface area (TPSA) is 237 Å². The average Bonchev–Trinajstić information content (AvgIpc) is 1.13. The lowest BCUT2D eigenvalue weighted by Crippen LogP contribution is -2.30. The standard InChI is InChI=1S/C78H152O17P2/c1-68(2)54-46-38-30-24-18-13-10-9-11-15-21-27-33-42-50-58-75(80)88-64-73(94-78(83)61-53-45-35-29-23-17-20-26-32-40-48-56-70(5)6)66-92-96(84,85)90-62-72(79)63-91-97(86,87)93-67-74(65-89-76(81)59-51-43-37-36-41-49-57-71(7)8)95-77(82)60-52-44-34-28-22-16-12-14-19-25-31-39-47-55-69(3)4/h68-74,79H,9-67H2,1-8H3,(H,84,85)(H,86,87)/t72-,73-,74-/m1/s1. The lowest BCUT2D eigenvalue weighted by Gasteiger charge is -2.21. The Morgan fingerprint density at radius 3 is 0.639 bits per heavy atom. The van der Waals surface area contributed by atoms with Gasteiger partial charge in [-0.2, -0.15) is 0 Å². The summed E-state index contributed by atoms with van der Waals surface area (Å²) >= 11 is 0. The summed E-state index contributed by atoms with van der Waals surface area (Å²) < 4.78 is 68.6. The molecule has 19 heteroatoms. The minimum absolute atomic E-state index is 0.106. The van der Waals surface area contributed by atoms with E-state index in [1.807, 2.05) is 0 Å². The van der Waals surface area contributed by atoms with Crippen LogP contribution in [0.3, 0.4) is 0 Å². The maximum atomic E-state index is 13.1. The highest BCUT2D eigenvalue weighted by atomic mass is 31.2. The van der Waals surface area contributed by atoms with Crippen LogP contribution >= 0.6 is 15.6 Å². The van der Waals surface area contributed by atoms with Gasteiger partial charge < -0.3 is 33.8 Å². The third-order valence-electron chi connectivity index (χ3n) is 18.1. The van der Waals surface area contributed by atoms with Crippen molar-refractivity contribution in [2.24, 2.45) is 23.7 Å². The van der Waals surface area contributed by atoms with Gasteiger partial charge in [0.2, 0.25) is 0 Å². The van der Waals surface area contributed by atoms with Crippen LogP contribution in [0.5, 0.6) is 0 Å². The molecular weight excluding hydrogens is 1270 g/mol. The number of carbonyl (C=O) groups is 4. The predicted molar refractivity (Wildman–Crippen MR) is 395 cm³/mol. The van der Waals surface area contributed by atoms with Gasteiger partial charge in [0, 0.05) is 25.7 Å². The monoisotopic (exact) mass is 1420 g/mol. The predicted octanol–water partition coefficient (Wildman–Crippen LogP) is 22.8. The molecule has 97 heavy (non-hydrogen) atoms. The van der Waals surface area contributed by atoms with Gasteiger partial charge in [0.15, 0.2) is 12.2 Å². The highest BCUT2D eigenvalue weighted by Crippen LogP contribution is 2.45. The van der Waals surface area contributed by atoms with E-state index >= 15 is 0 Å². The second kappa shape index (κ2) is 67.2. The third kappa shape index (κ3) is 72.2. The quantitative estimate of drug-likeness (QED) is 0.0222. The Bertz CT molecular complexity index is 1900. The summed E-state index contributed by atoms with van der Waals surface area (Å²) in [7, 11) is -9.92. The molecule has 576 valence electrons. The van der Waals surface area contributed by atoms with Crippen LogP contribution in [-0.4, -0.2) is 96.7 Å². The molecule has 0 bridgehead atoms. The Morgan fingerprint density at radius 1 is 0.258 bits per heavy atom. The fourth-order valence-electron chi connectivity index (χ4n) is 11.9. The summed E-state index contributed by atoms with van der Waals surface area (Å²) in [5.41, 5.74) is 0. The summed E-state index contributed by atoms with van der Waals surface area (Å²) in [6, 6.07) is 0. The number of phosphoric ester groups is 2. The van der Waals surface area contributed by atoms with Gasteiger partial charge in [-0.15, -0.1) is 0 Å². The zero-order chi connectivity index (χ0) is 71.7. The molecule has 0 aromatic rings. The Balaban J connectivity index is 5.22. The Morgan fingerprint density at radius 2 is 0.433 bits per heavy atom. The molecule has 0 fully saturated rings.